The monoisotopic (exact) mass is 468 g/mol. The van der Waals surface area contributed by atoms with Crippen LogP contribution < -0.4 is 10.6 Å². The zero-order valence-corrected chi connectivity index (χ0v) is 21.4. The molecule has 8 heteroatoms. The number of anilines is 2. The Morgan fingerprint density at radius 2 is 1.73 bits per heavy atom. The van der Waals surface area contributed by atoms with Crippen LogP contribution >= 0.6 is 0 Å². The lowest BCUT2D eigenvalue weighted by atomic mass is 9.77. The standard InChI is InChI=1S/C25H44N2O6/c1-8-31-25(32-9-2,33-10-3)16-30-23(14-20(29)15-28)27-22-11-17(4)21(26)13-19(22)12-18(5)24(27,6)7/h11,13,18,20,23,28-29H,8-10,12,14-16,26H2,1-7H3. The maximum absolute atomic E-state index is 10.4. The molecule has 1 aromatic rings. The third-order valence-corrected chi connectivity index (χ3v) is 6.60. The molecule has 190 valence electrons. The Hall–Kier alpha value is -1.42. The van der Waals surface area contributed by atoms with Crippen molar-refractivity contribution in [3.63, 3.8) is 0 Å². The van der Waals surface area contributed by atoms with Crippen molar-refractivity contribution in [2.45, 2.75) is 85.2 Å². The van der Waals surface area contributed by atoms with E-state index in [1.54, 1.807) is 0 Å². The maximum atomic E-state index is 10.4. The van der Waals surface area contributed by atoms with Crippen molar-refractivity contribution in [2.75, 3.05) is 43.7 Å². The van der Waals surface area contributed by atoms with Gasteiger partial charge in [0.1, 0.15) is 12.8 Å². The summed E-state index contributed by atoms with van der Waals surface area (Å²) in [5, 5.41) is 20.0. The lowest BCUT2D eigenvalue weighted by molar-refractivity contribution is -0.394. The van der Waals surface area contributed by atoms with Gasteiger partial charge in [-0.1, -0.05) is 6.92 Å². The fourth-order valence-electron chi connectivity index (χ4n) is 4.46. The van der Waals surface area contributed by atoms with Gasteiger partial charge in [0.05, 0.1) is 12.7 Å². The Bertz CT molecular complexity index is 740. The van der Waals surface area contributed by atoms with Crippen LogP contribution in [0.2, 0.25) is 0 Å². The summed E-state index contributed by atoms with van der Waals surface area (Å²) in [7, 11) is 0. The van der Waals surface area contributed by atoms with Gasteiger partial charge in [-0.05, 0) is 77.1 Å². The topological polar surface area (TPSA) is 107 Å². The van der Waals surface area contributed by atoms with Crippen LogP contribution in [-0.2, 0) is 25.4 Å². The normalized spacial score (nSPS) is 19.9. The maximum Gasteiger partial charge on any atom is 0.307 e. The molecule has 0 aromatic heterocycles. The van der Waals surface area contributed by atoms with E-state index in [1.165, 1.54) is 0 Å². The second kappa shape index (κ2) is 11.8. The van der Waals surface area contributed by atoms with Crippen molar-refractivity contribution in [3.05, 3.63) is 23.3 Å². The molecule has 0 fully saturated rings. The summed E-state index contributed by atoms with van der Waals surface area (Å²) < 4.78 is 24.0. The van der Waals surface area contributed by atoms with Crippen molar-refractivity contribution in [1.82, 2.24) is 0 Å². The molecule has 0 amide bonds. The number of aliphatic hydroxyl groups excluding tert-OH is 2. The van der Waals surface area contributed by atoms with Crippen molar-refractivity contribution in [3.8, 4) is 0 Å². The lowest BCUT2D eigenvalue weighted by Crippen LogP contribution is -2.59. The van der Waals surface area contributed by atoms with E-state index in [2.05, 4.69) is 31.7 Å². The zero-order valence-electron chi connectivity index (χ0n) is 21.4. The summed E-state index contributed by atoms with van der Waals surface area (Å²) in [6.07, 6.45) is -0.413. The Labute approximate surface area is 199 Å². The first kappa shape index (κ1) is 27.8. The predicted molar refractivity (Wildman–Crippen MR) is 130 cm³/mol. The van der Waals surface area contributed by atoms with Crippen molar-refractivity contribution in [1.29, 1.82) is 0 Å². The van der Waals surface area contributed by atoms with Gasteiger partial charge in [-0.15, -0.1) is 0 Å². The van der Waals surface area contributed by atoms with Gasteiger partial charge in [0.25, 0.3) is 0 Å². The minimum absolute atomic E-state index is 0.00951. The van der Waals surface area contributed by atoms with E-state index >= 15 is 0 Å². The molecule has 4 N–H and O–H groups in total. The van der Waals surface area contributed by atoms with Crippen LogP contribution in [0.25, 0.3) is 0 Å². The van der Waals surface area contributed by atoms with Gasteiger partial charge in [0.15, 0.2) is 0 Å². The van der Waals surface area contributed by atoms with Crippen LogP contribution in [0.4, 0.5) is 11.4 Å². The van der Waals surface area contributed by atoms with Gasteiger partial charge in [-0.25, -0.2) is 0 Å². The first-order valence-electron chi connectivity index (χ1n) is 12.1. The molecular weight excluding hydrogens is 424 g/mol. The Balaban J connectivity index is 2.50. The molecule has 0 saturated carbocycles. The average Bonchev–Trinajstić information content (AvgIpc) is 2.74. The fraction of sp³-hybridized carbons (Fsp3) is 0.760. The molecule has 1 aliphatic rings. The molecule has 8 nitrogen and oxygen atoms in total. The quantitative estimate of drug-likeness (QED) is 0.299. The van der Waals surface area contributed by atoms with Crippen LogP contribution in [0.1, 0.15) is 59.1 Å². The van der Waals surface area contributed by atoms with Crippen molar-refractivity contribution >= 4 is 11.4 Å². The second-order valence-electron chi connectivity index (χ2n) is 9.29. The number of ether oxygens (including phenoxy) is 4. The van der Waals surface area contributed by atoms with Crippen molar-refractivity contribution < 1.29 is 29.2 Å². The van der Waals surface area contributed by atoms with E-state index < -0.39 is 18.3 Å². The number of nitrogens with zero attached hydrogens (tertiary/aromatic N) is 1. The largest absolute Gasteiger partial charge is 0.399 e. The van der Waals surface area contributed by atoms with Crippen LogP contribution in [0.5, 0.6) is 0 Å². The molecule has 3 atom stereocenters. The molecule has 0 aliphatic carbocycles. The molecular formula is C25H44N2O6. The highest BCUT2D eigenvalue weighted by Crippen LogP contribution is 2.44. The summed E-state index contributed by atoms with van der Waals surface area (Å²) in [6.45, 7) is 15.0. The molecule has 0 spiro atoms. The minimum atomic E-state index is -1.34. The van der Waals surface area contributed by atoms with Gasteiger partial charge >= 0.3 is 5.97 Å². The highest BCUT2D eigenvalue weighted by atomic mass is 16.9. The van der Waals surface area contributed by atoms with Crippen LogP contribution in [0.3, 0.4) is 0 Å². The van der Waals surface area contributed by atoms with E-state index in [1.807, 2.05) is 33.8 Å². The third kappa shape index (κ3) is 6.38. The Kier molecular flexibility index (Phi) is 9.96. The Morgan fingerprint density at radius 3 is 2.24 bits per heavy atom. The number of rotatable bonds is 13. The van der Waals surface area contributed by atoms with Gasteiger partial charge in [0, 0.05) is 43.2 Å². The first-order valence-corrected chi connectivity index (χ1v) is 12.1. The van der Waals surface area contributed by atoms with Gasteiger partial charge in [-0.2, -0.15) is 0 Å². The number of hydrogen-bond donors (Lipinski definition) is 3. The number of fused-ring (bicyclic) bond motifs is 1. The van der Waals surface area contributed by atoms with E-state index in [0.717, 1.165) is 28.9 Å². The van der Waals surface area contributed by atoms with Gasteiger partial charge in [0.2, 0.25) is 0 Å². The van der Waals surface area contributed by atoms with E-state index in [-0.39, 0.29) is 25.2 Å². The SMILES string of the molecule is CCOC(COC(CC(O)CO)N1c2cc(C)c(N)cc2CC(C)C1(C)C)(OCC)OCC. The number of aryl methyl sites for hydroxylation is 1. The highest BCUT2D eigenvalue weighted by molar-refractivity contribution is 5.66. The first-order chi connectivity index (χ1) is 15.5. The van der Waals surface area contributed by atoms with Crippen molar-refractivity contribution in [2.24, 2.45) is 5.92 Å². The molecule has 33 heavy (non-hydrogen) atoms. The summed E-state index contributed by atoms with van der Waals surface area (Å²) in [6, 6.07) is 4.12. The highest BCUT2D eigenvalue weighted by Gasteiger charge is 2.44. The number of nitrogen functional groups attached to an aromatic ring is 1. The molecule has 1 aromatic carbocycles. The summed E-state index contributed by atoms with van der Waals surface area (Å²) >= 11 is 0. The molecule has 0 radical (unpaired) electrons. The summed E-state index contributed by atoms with van der Waals surface area (Å²) in [4.78, 5) is 2.20. The molecule has 0 bridgehead atoms. The number of hydrogen-bond acceptors (Lipinski definition) is 8. The molecule has 2 rings (SSSR count). The molecule has 1 heterocycles. The fourth-order valence-corrected chi connectivity index (χ4v) is 4.46. The van der Waals surface area contributed by atoms with Crippen LogP contribution in [0.15, 0.2) is 12.1 Å². The molecule has 0 saturated heterocycles. The smallest absolute Gasteiger partial charge is 0.307 e. The third-order valence-electron chi connectivity index (χ3n) is 6.60. The van der Waals surface area contributed by atoms with E-state index in [4.69, 9.17) is 24.7 Å². The minimum Gasteiger partial charge on any atom is -0.399 e. The zero-order chi connectivity index (χ0) is 24.8. The van der Waals surface area contributed by atoms with Gasteiger partial charge in [-0.3, -0.25) is 0 Å². The van der Waals surface area contributed by atoms with E-state index in [0.29, 0.717) is 25.7 Å². The lowest BCUT2D eigenvalue weighted by Gasteiger charge is -2.53. The number of aliphatic hydroxyl groups is 2. The second-order valence-corrected chi connectivity index (χ2v) is 9.29. The molecule has 1 aliphatic heterocycles. The van der Waals surface area contributed by atoms with Crippen LogP contribution in [0, 0.1) is 12.8 Å². The summed E-state index contributed by atoms with van der Waals surface area (Å²) in [5.41, 5.74) is 9.84. The average molecular weight is 469 g/mol. The van der Waals surface area contributed by atoms with E-state index in [9.17, 15) is 10.2 Å². The number of nitrogens with two attached hydrogens (primary N) is 1. The van der Waals surface area contributed by atoms with Gasteiger partial charge < -0.3 is 39.8 Å². The van der Waals surface area contributed by atoms with Crippen LogP contribution in [-0.4, -0.2) is 67.1 Å². The predicted octanol–water partition coefficient (Wildman–Crippen LogP) is 3.20. The Morgan fingerprint density at radius 1 is 1.15 bits per heavy atom. The summed E-state index contributed by atoms with van der Waals surface area (Å²) in [5.74, 6) is -1.05. The number of benzene rings is 1. The molecule has 3 unspecified atom stereocenters.